The molecule has 2 aromatic carbocycles. The van der Waals surface area contributed by atoms with Crippen molar-refractivity contribution in [2.75, 3.05) is 0 Å². The maximum atomic E-state index is 13.9. The molecule has 2 heterocycles. The average molecular weight is 420 g/mol. The molecule has 4 aromatic rings. The molecule has 1 unspecified atom stereocenters. The molecule has 0 aliphatic carbocycles. The Bertz CT molecular complexity index is 1260. The van der Waals surface area contributed by atoms with E-state index in [-0.39, 0.29) is 17.5 Å². The molecule has 2 aromatic heterocycles. The Morgan fingerprint density at radius 1 is 1.03 bits per heavy atom. The number of rotatable bonds is 8. The Morgan fingerprint density at radius 3 is 2.65 bits per heavy atom. The van der Waals surface area contributed by atoms with Gasteiger partial charge in [0, 0.05) is 25.2 Å². The lowest BCUT2D eigenvalue weighted by Crippen LogP contribution is -2.33. The third kappa shape index (κ3) is 4.68. The Hall–Kier alpha value is -3.41. The molecule has 1 N–H and O–H groups in total. The normalized spacial score (nSPS) is 12.3. The van der Waals surface area contributed by atoms with Crippen molar-refractivity contribution in [1.29, 1.82) is 0 Å². The van der Waals surface area contributed by atoms with E-state index < -0.39 is 5.82 Å². The van der Waals surface area contributed by atoms with Gasteiger partial charge in [0.05, 0.1) is 11.0 Å². The van der Waals surface area contributed by atoms with E-state index in [4.69, 9.17) is 0 Å². The first kappa shape index (κ1) is 20.8. The molecular weight excluding hydrogens is 393 g/mol. The maximum absolute atomic E-state index is 13.9. The first-order chi connectivity index (χ1) is 15.0. The average Bonchev–Trinajstić information content (AvgIpc) is 3.25. The molecule has 0 saturated heterocycles. The largest absolute Gasteiger partial charge is 0.354 e. The highest BCUT2D eigenvalue weighted by atomic mass is 19.1. The first-order valence-electron chi connectivity index (χ1n) is 10.7. The van der Waals surface area contributed by atoms with E-state index in [1.165, 1.54) is 17.7 Å². The number of carbonyl (C=O) groups is 1. The summed E-state index contributed by atoms with van der Waals surface area (Å²) in [6.07, 6.45) is 4.38. The van der Waals surface area contributed by atoms with Crippen LogP contribution in [0.3, 0.4) is 0 Å². The summed E-state index contributed by atoms with van der Waals surface area (Å²) in [7, 11) is 0. The maximum Gasteiger partial charge on any atom is 0.275 e. The highest BCUT2D eigenvalue weighted by Crippen LogP contribution is 2.17. The Balaban J connectivity index is 1.39. The zero-order chi connectivity index (χ0) is 21.8. The molecule has 1 atom stereocenters. The van der Waals surface area contributed by atoms with Gasteiger partial charge < -0.3 is 14.3 Å². The summed E-state index contributed by atoms with van der Waals surface area (Å²) in [5.41, 5.74) is 2.91. The van der Waals surface area contributed by atoms with Crippen LogP contribution in [-0.4, -0.2) is 20.9 Å². The van der Waals surface area contributed by atoms with Gasteiger partial charge in [0.15, 0.2) is 0 Å². The van der Waals surface area contributed by atoms with E-state index in [1.807, 2.05) is 25.1 Å². The van der Waals surface area contributed by atoms with Gasteiger partial charge in [-0.25, -0.2) is 4.39 Å². The van der Waals surface area contributed by atoms with Crippen LogP contribution in [0.1, 0.15) is 31.7 Å². The van der Waals surface area contributed by atoms with Gasteiger partial charge in [-0.1, -0.05) is 30.3 Å². The molecule has 0 spiro atoms. The van der Waals surface area contributed by atoms with Gasteiger partial charge in [0.2, 0.25) is 5.91 Å². The number of nitrogens with one attached hydrogen (secondary N) is 1. The van der Waals surface area contributed by atoms with Crippen molar-refractivity contribution >= 4 is 22.5 Å². The number of aryl methyl sites for hydroxylation is 2. The third-order valence-electron chi connectivity index (χ3n) is 5.60. The monoisotopic (exact) mass is 419 g/mol. The number of hydrogen-bond acceptors (Lipinski definition) is 2. The van der Waals surface area contributed by atoms with Crippen LogP contribution in [0.25, 0.3) is 16.6 Å². The highest BCUT2D eigenvalue weighted by molar-refractivity contribution is 5.79. The number of amides is 1. The van der Waals surface area contributed by atoms with Gasteiger partial charge >= 0.3 is 0 Å². The minimum absolute atomic E-state index is 0.0344. The van der Waals surface area contributed by atoms with Gasteiger partial charge in [-0.05, 0) is 62.1 Å². The van der Waals surface area contributed by atoms with Crippen LogP contribution in [-0.2, 0) is 17.8 Å². The van der Waals surface area contributed by atoms with E-state index >= 15 is 0 Å². The van der Waals surface area contributed by atoms with E-state index in [0.29, 0.717) is 30.4 Å². The molecule has 0 aliphatic heterocycles. The SMILES string of the molecule is CC(CCc1ccccc1)NC(=O)CCCn1c(=O)c2cccn2c2ccc(F)cc21. The molecule has 5 nitrogen and oxygen atoms in total. The lowest BCUT2D eigenvalue weighted by Gasteiger charge is -2.15. The van der Waals surface area contributed by atoms with Crippen LogP contribution < -0.4 is 10.9 Å². The van der Waals surface area contributed by atoms with Gasteiger partial charge in [-0.3, -0.25) is 9.59 Å². The van der Waals surface area contributed by atoms with Gasteiger partial charge in [0.25, 0.3) is 5.56 Å². The second-order valence-corrected chi connectivity index (χ2v) is 7.95. The smallest absolute Gasteiger partial charge is 0.275 e. The molecule has 31 heavy (non-hydrogen) atoms. The first-order valence-corrected chi connectivity index (χ1v) is 10.7. The second-order valence-electron chi connectivity index (χ2n) is 7.95. The van der Waals surface area contributed by atoms with Crippen molar-refractivity contribution in [3.05, 3.63) is 88.6 Å². The Morgan fingerprint density at radius 2 is 1.84 bits per heavy atom. The Labute approximate surface area is 180 Å². The van der Waals surface area contributed by atoms with Crippen molar-refractivity contribution in [3.63, 3.8) is 0 Å². The quantitative estimate of drug-likeness (QED) is 0.463. The van der Waals surface area contributed by atoms with Gasteiger partial charge in [0.1, 0.15) is 11.3 Å². The van der Waals surface area contributed by atoms with Crippen LogP contribution in [0.4, 0.5) is 4.39 Å². The molecule has 0 fully saturated rings. The fourth-order valence-electron chi connectivity index (χ4n) is 4.00. The summed E-state index contributed by atoms with van der Waals surface area (Å²) < 4.78 is 17.2. The van der Waals surface area contributed by atoms with E-state index in [0.717, 1.165) is 18.4 Å². The zero-order valence-corrected chi connectivity index (χ0v) is 17.6. The third-order valence-corrected chi connectivity index (χ3v) is 5.60. The van der Waals surface area contributed by atoms with Gasteiger partial charge in [-0.2, -0.15) is 0 Å². The molecule has 0 saturated carbocycles. The highest BCUT2D eigenvalue weighted by Gasteiger charge is 2.13. The van der Waals surface area contributed by atoms with Crippen molar-refractivity contribution < 1.29 is 9.18 Å². The summed E-state index contributed by atoms with van der Waals surface area (Å²) in [5, 5.41) is 3.03. The number of nitrogens with zero attached hydrogens (tertiary/aromatic N) is 2. The molecule has 4 rings (SSSR count). The molecule has 0 bridgehead atoms. The minimum Gasteiger partial charge on any atom is -0.354 e. The van der Waals surface area contributed by atoms with Crippen LogP contribution >= 0.6 is 0 Å². The standard InChI is InChI=1S/C25H26FN3O2/c1-18(11-12-19-7-3-2-4-8-19)27-24(30)10-6-16-29-23-17-20(26)13-14-21(23)28-15-5-9-22(28)25(29)31/h2-5,7-9,13-15,17-18H,6,10-12,16H2,1H3,(H,27,30). The number of aromatic nitrogens is 2. The van der Waals surface area contributed by atoms with E-state index in [9.17, 15) is 14.0 Å². The van der Waals surface area contributed by atoms with Crippen molar-refractivity contribution in [1.82, 2.24) is 14.3 Å². The zero-order valence-electron chi connectivity index (χ0n) is 17.6. The second kappa shape index (κ2) is 9.16. The molecule has 0 aliphatic rings. The number of halogens is 1. The minimum atomic E-state index is -0.392. The van der Waals surface area contributed by atoms with Crippen LogP contribution in [0.5, 0.6) is 0 Å². The van der Waals surface area contributed by atoms with E-state index in [1.54, 1.807) is 33.4 Å². The number of benzene rings is 2. The lowest BCUT2D eigenvalue weighted by molar-refractivity contribution is -0.121. The molecule has 6 heteroatoms. The number of fused-ring (bicyclic) bond motifs is 3. The topological polar surface area (TPSA) is 55.5 Å². The number of carbonyl (C=O) groups excluding carboxylic acids is 1. The fourth-order valence-corrected chi connectivity index (χ4v) is 4.00. The number of hydrogen-bond donors (Lipinski definition) is 1. The molecule has 0 radical (unpaired) electrons. The van der Waals surface area contributed by atoms with Gasteiger partial charge in [-0.15, -0.1) is 0 Å². The Kier molecular flexibility index (Phi) is 6.16. The fraction of sp³-hybridized carbons (Fsp3) is 0.280. The summed E-state index contributed by atoms with van der Waals surface area (Å²) in [4.78, 5) is 25.3. The summed E-state index contributed by atoms with van der Waals surface area (Å²) in [6.45, 7) is 2.36. The van der Waals surface area contributed by atoms with Crippen molar-refractivity contribution in [3.8, 4) is 0 Å². The van der Waals surface area contributed by atoms with Crippen LogP contribution in [0.15, 0.2) is 71.7 Å². The lowest BCUT2D eigenvalue weighted by atomic mass is 10.1. The summed E-state index contributed by atoms with van der Waals surface area (Å²) in [5.74, 6) is -0.426. The molecule has 1 amide bonds. The van der Waals surface area contributed by atoms with Crippen molar-refractivity contribution in [2.45, 2.75) is 45.2 Å². The van der Waals surface area contributed by atoms with Crippen LogP contribution in [0.2, 0.25) is 0 Å². The van der Waals surface area contributed by atoms with E-state index in [2.05, 4.69) is 17.4 Å². The summed E-state index contributed by atoms with van der Waals surface area (Å²) >= 11 is 0. The van der Waals surface area contributed by atoms with Crippen LogP contribution in [0, 0.1) is 5.82 Å². The predicted molar refractivity (Wildman–Crippen MR) is 121 cm³/mol. The molecule has 160 valence electrons. The predicted octanol–water partition coefficient (Wildman–Crippen LogP) is 4.31. The molecular formula is C25H26FN3O2. The van der Waals surface area contributed by atoms with Crippen molar-refractivity contribution in [2.24, 2.45) is 0 Å². The summed E-state index contributed by atoms with van der Waals surface area (Å²) in [6, 6.07) is 18.3.